The highest BCUT2D eigenvalue weighted by atomic mass is 19.4. The summed E-state index contributed by atoms with van der Waals surface area (Å²) in [5.74, 6) is 0.571. The fraction of sp³-hybridized carbons (Fsp3) is 0.476. The second kappa shape index (κ2) is 10.3. The number of hydrogen-bond acceptors (Lipinski definition) is 6. The molecule has 0 amide bonds. The molecule has 0 unspecified atom stereocenters. The summed E-state index contributed by atoms with van der Waals surface area (Å²) in [6.07, 6.45) is 3.14. The minimum Gasteiger partial charge on any atom is -0.507 e. The number of aryl methyl sites for hydroxylation is 1. The van der Waals surface area contributed by atoms with Crippen LogP contribution in [0, 0.1) is 12.3 Å². The first-order chi connectivity index (χ1) is 14.1. The zero-order valence-corrected chi connectivity index (χ0v) is 17.4. The average Bonchev–Trinajstić information content (AvgIpc) is 2.84. The van der Waals surface area contributed by atoms with Crippen molar-refractivity contribution < 1.29 is 23.0 Å². The van der Waals surface area contributed by atoms with E-state index in [0.29, 0.717) is 43.7 Å². The van der Waals surface area contributed by atoms with Crippen LogP contribution in [0.3, 0.4) is 0 Å². The highest BCUT2D eigenvalue weighted by Gasteiger charge is 2.38. The molecule has 1 aliphatic carbocycles. The molecule has 0 spiro atoms. The van der Waals surface area contributed by atoms with Gasteiger partial charge < -0.3 is 14.7 Å². The van der Waals surface area contributed by atoms with Crippen LogP contribution in [0.2, 0.25) is 0 Å². The molecule has 1 heterocycles. The van der Waals surface area contributed by atoms with Crippen LogP contribution in [-0.4, -0.2) is 47.2 Å². The molecule has 1 aromatic rings. The highest BCUT2D eigenvalue weighted by molar-refractivity contribution is 6.05. The number of nitrogens with one attached hydrogen (secondary N) is 1. The summed E-state index contributed by atoms with van der Waals surface area (Å²) < 4.78 is 44.7. The molecule has 30 heavy (non-hydrogen) atoms. The van der Waals surface area contributed by atoms with Gasteiger partial charge in [-0.1, -0.05) is 19.4 Å². The van der Waals surface area contributed by atoms with Gasteiger partial charge in [-0.2, -0.15) is 13.2 Å². The summed E-state index contributed by atoms with van der Waals surface area (Å²) >= 11 is 0. The maximum atomic E-state index is 13.0. The number of hydrogen-bond donors (Lipinski definition) is 2. The topological polar surface area (TPSA) is 82.3 Å². The van der Waals surface area contributed by atoms with Crippen molar-refractivity contribution in [1.82, 2.24) is 9.97 Å². The Morgan fingerprint density at radius 2 is 2.00 bits per heavy atom. The molecule has 0 fully saturated rings. The van der Waals surface area contributed by atoms with Crippen LogP contribution in [0.1, 0.15) is 38.3 Å². The van der Waals surface area contributed by atoms with Gasteiger partial charge >= 0.3 is 6.18 Å². The monoisotopic (exact) mass is 424 g/mol. The molecule has 0 bridgehead atoms. The van der Waals surface area contributed by atoms with E-state index in [1.165, 1.54) is 6.08 Å². The second-order valence-corrected chi connectivity index (χ2v) is 7.01. The summed E-state index contributed by atoms with van der Waals surface area (Å²) in [4.78, 5) is 10.4. The van der Waals surface area contributed by atoms with Gasteiger partial charge in [0.1, 0.15) is 23.0 Å². The smallest absolute Gasteiger partial charge is 0.433 e. The second-order valence-electron chi connectivity index (χ2n) is 7.01. The van der Waals surface area contributed by atoms with E-state index in [1.807, 2.05) is 25.8 Å². The zero-order valence-electron chi connectivity index (χ0n) is 17.4. The van der Waals surface area contributed by atoms with Crippen molar-refractivity contribution in [3.8, 4) is 0 Å². The van der Waals surface area contributed by atoms with Gasteiger partial charge in [-0.25, -0.2) is 4.98 Å². The van der Waals surface area contributed by atoms with Gasteiger partial charge in [0.2, 0.25) is 0 Å². The van der Waals surface area contributed by atoms with E-state index in [0.717, 1.165) is 11.5 Å². The number of nitrogens with zero attached hydrogens (tertiary/aromatic N) is 3. The van der Waals surface area contributed by atoms with E-state index < -0.39 is 23.2 Å². The van der Waals surface area contributed by atoms with Gasteiger partial charge in [0, 0.05) is 24.7 Å². The largest absolute Gasteiger partial charge is 0.507 e. The maximum Gasteiger partial charge on any atom is 0.433 e. The lowest BCUT2D eigenvalue weighted by molar-refractivity contribution is -0.0591. The number of halogens is 3. The highest BCUT2D eigenvalue weighted by Crippen LogP contribution is 2.32. The zero-order chi connectivity index (χ0) is 22.3. The quantitative estimate of drug-likeness (QED) is 0.429. The van der Waals surface area contributed by atoms with E-state index in [1.54, 1.807) is 18.5 Å². The predicted molar refractivity (Wildman–Crippen MR) is 110 cm³/mol. The Labute approximate surface area is 174 Å². The molecule has 0 saturated carbocycles. The van der Waals surface area contributed by atoms with Crippen LogP contribution in [0.25, 0.3) is 0 Å². The molecule has 6 nitrogen and oxygen atoms in total. The Morgan fingerprint density at radius 3 is 2.60 bits per heavy atom. The molecule has 0 saturated heterocycles. The number of aliphatic hydroxyl groups is 1. The lowest BCUT2D eigenvalue weighted by atomic mass is 10.0. The Morgan fingerprint density at radius 1 is 1.27 bits per heavy atom. The van der Waals surface area contributed by atoms with Crippen molar-refractivity contribution in [3.63, 3.8) is 0 Å². The molecule has 2 N–H and O–H groups in total. The minimum atomic E-state index is -4.83. The van der Waals surface area contributed by atoms with E-state index in [-0.39, 0.29) is 6.42 Å². The summed E-state index contributed by atoms with van der Waals surface area (Å²) in [5.41, 5.74) is -0.923. The van der Waals surface area contributed by atoms with Gasteiger partial charge in [-0.15, -0.1) is 0 Å². The molecule has 164 valence electrons. The third kappa shape index (κ3) is 6.08. The Balaban J connectivity index is 2.02. The van der Waals surface area contributed by atoms with E-state index in [2.05, 4.69) is 9.97 Å². The Hall–Kier alpha value is -2.84. The molecule has 2 rings (SSSR count). The molecular weight excluding hydrogens is 397 g/mol. The van der Waals surface area contributed by atoms with Crippen molar-refractivity contribution in [2.45, 2.75) is 45.7 Å². The van der Waals surface area contributed by atoms with Crippen molar-refractivity contribution in [1.29, 1.82) is 5.41 Å². The van der Waals surface area contributed by atoms with Gasteiger partial charge in [-0.3, -0.25) is 10.4 Å². The van der Waals surface area contributed by atoms with Gasteiger partial charge in [0.25, 0.3) is 0 Å². The van der Waals surface area contributed by atoms with Crippen molar-refractivity contribution in [2.24, 2.45) is 0 Å². The summed E-state index contributed by atoms with van der Waals surface area (Å²) in [6, 6.07) is 0. The van der Waals surface area contributed by atoms with Gasteiger partial charge in [0.15, 0.2) is 0 Å². The van der Waals surface area contributed by atoms with Crippen molar-refractivity contribution in [2.75, 3.05) is 25.1 Å². The Kier molecular flexibility index (Phi) is 8.02. The molecule has 0 aliphatic heterocycles. The molecule has 9 heteroatoms. The van der Waals surface area contributed by atoms with Crippen molar-refractivity contribution >= 4 is 11.5 Å². The minimum absolute atomic E-state index is 0.138. The lowest BCUT2D eigenvalue weighted by Gasteiger charge is -2.19. The van der Waals surface area contributed by atoms with Crippen LogP contribution < -0.4 is 4.90 Å². The SMILES string of the molecule is CCCC1=C(O)C(C(=N)C(F)(F)F)=CCC=C1OCCCN(C)c1cnc(C)cn1. The van der Waals surface area contributed by atoms with Crippen LogP contribution in [0.4, 0.5) is 19.0 Å². The predicted octanol–water partition coefficient (Wildman–Crippen LogP) is 5.04. The number of alkyl halides is 3. The average molecular weight is 424 g/mol. The fourth-order valence-corrected chi connectivity index (χ4v) is 2.98. The summed E-state index contributed by atoms with van der Waals surface area (Å²) in [6.45, 7) is 4.69. The van der Waals surface area contributed by atoms with Gasteiger partial charge in [-0.05, 0) is 32.3 Å². The fourth-order valence-electron chi connectivity index (χ4n) is 2.98. The molecular formula is C21H27F3N4O2. The summed E-state index contributed by atoms with van der Waals surface area (Å²) in [5, 5.41) is 17.9. The molecule has 0 aromatic carbocycles. The molecule has 0 atom stereocenters. The molecule has 0 radical (unpaired) electrons. The third-order valence-corrected chi connectivity index (χ3v) is 4.57. The Bertz CT molecular complexity index is 843. The van der Waals surface area contributed by atoms with Crippen molar-refractivity contribution in [3.05, 3.63) is 52.9 Å². The first-order valence-electron chi connectivity index (χ1n) is 9.77. The molecule has 1 aromatic heterocycles. The lowest BCUT2D eigenvalue weighted by Crippen LogP contribution is -2.25. The number of aliphatic hydroxyl groups excluding tert-OH is 1. The van der Waals surface area contributed by atoms with E-state index in [4.69, 9.17) is 10.1 Å². The number of anilines is 1. The molecule has 1 aliphatic rings. The first-order valence-corrected chi connectivity index (χ1v) is 9.77. The standard InChI is InChI=1S/C21H27F3N4O2/c1-4-7-15-17(9-5-8-16(19(15)29)20(25)21(22,23)24)30-11-6-10-28(3)18-13-26-14(2)12-27-18/h8-9,12-13,25,29H,4-7,10-11H2,1-3H3. The normalized spacial score (nSPS) is 14.7. The van der Waals surface area contributed by atoms with Crippen LogP contribution in [0.15, 0.2) is 47.2 Å². The van der Waals surface area contributed by atoms with Crippen LogP contribution in [0.5, 0.6) is 0 Å². The van der Waals surface area contributed by atoms with E-state index >= 15 is 0 Å². The number of aromatic nitrogens is 2. The third-order valence-electron chi connectivity index (χ3n) is 4.57. The number of ether oxygens (including phenoxy) is 1. The summed E-state index contributed by atoms with van der Waals surface area (Å²) in [7, 11) is 1.89. The number of allylic oxidation sites excluding steroid dienone is 4. The first kappa shape index (κ1) is 23.4. The van der Waals surface area contributed by atoms with Crippen LogP contribution in [-0.2, 0) is 4.74 Å². The van der Waals surface area contributed by atoms with Crippen LogP contribution >= 0.6 is 0 Å². The maximum absolute atomic E-state index is 13.0. The number of rotatable bonds is 9. The van der Waals surface area contributed by atoms with E-state index in [9.17, 15) is 18.3 Å². The van der Waals surface area contributed by atoms with Gasteiger partial charge in [0.05, 0.1) is 24.7 Å².